The maximum absolute atomic E-state index is 4.24. The van der Waals surface area contributed by atoms with Crippen molar-refractivity contribution in [3.63, 3.8) is 0 Å². The van der Waals surface area contributed by atoms with Crippen LogP contribution in [0, 0.1) is 0 Å². The summed E-state index contributed by atoms with van der Waals surface area (Å²) in [4.78, 5) is 7.84. The number of nitrogens with zero attached hydrogens (tertiary/aromatic N) is 2. The Hall–Kier alpha value is -0.720. The smallest absolute Gasteiger partial charge is 0.191 e. The highest BCUT2D eigenvalue weighted by molar-refractivity contribution is 7.98. The van der Waals surface area contributed by atoms with E-state index in [-0.39, 0.29) is 0 Å². The molecule has 0 saturated heterocycles. The highest BCUT2D eigenvalue weighted by Gasteiger charge is 2.15. The minimum absolute atomic E-state index is 0.374. The zero-order chi connectivity index (χ0) is 14.1. The second-order valence-corrected chi connectivity index (χ2v) is 6.33. The molecule has 1 atom stereocenters. The first-order valence-electron chi connectivity index (χ1n) is 6.32. The van der Waals surface area contributed by atoms with Gasteiger partial charge in [-0.2, -0.15) is 11.8 Å². The van der Waals surface area contributed by atoms with E-state index in [0.29, 0.717) is 6.04 Å². The summed E-state index contributed by atoms with van der Waals surface area (Å²) in [5.74, 6) is 1.96. The molecule has 0 fully saturated rings. The number of thiophene rings is 1. The second kappa shape index (κ2) is 9.23. The topological polar surface area (TPSA) is 39.7 Å². The highest BCUT2D eigenvalue weighted by Crippen LogP contribution is 2.22. The van der Waals surface area contributed by atoms with Crippen LogP contribution in [0.4, 0.5) is 0 Å². The standard InChI is InChI=1S/C13H24N4S2/c1-14-13(15-7-9-18-4)16-10-11(17(2)3)12-6-5-8-19-12/h5-6,8,11H,7,9-10H2,1-4H3,(H2,14,15,16). The van der Waals surface area contributed by atoms with Crippen molar-refractivity contribution in [1.82, 2.24) is 15.5 Å². The summed E-state index contributed by atoms with van der Waals surface area (Å²) in [7, 11) is 6.02. The molecule has 19 heavy (non-hydrogen) atoms. The van der Waals surface area contributed by atoms with Crippen molar-refractivity contribution in [3.05, 3.63) is 22.4 Å². The summed E-state index contributed by atoms with van der Waals surface area (Å²) in [6, 6.07) is 4.65. The SMILES string of the molecule is CN=C(NCCSC)NCC(c1cccs1)N(C)C. The van der Waals surface area contributed by atoms with E-state index in [1.807, 2.05) is 18.8 Å². The van der Waals surface area contributed by atoms with E-state index < -0.39 is 0 Å². The van der Waals surface area contributed by atoms with Crippen molar-refractivity contribution in [2.24, 2.45) is 4.99 Å². The van der Waals surface area contributed by atoms with E-state index in [1.54, 1.807) is 11.3 Å². The minimum atomic E-state index is 0.374. The number of rotatable bonds is 7. The van der Waals surface area contributed by atoms with Crippen molar-refractivity contribution >= 4 is 29.1 Å². The van der Waals surface area contributed by atoms with Crippen LogP contribution in [0.3, 0.4) is 0 Å². The summed E-state index contributed by atoms with van der Waals surface area (Å²) in [6.45, 7) is 1.79. The van der Waals surface area contributed by atoms with Crippen LogP contribution in [0.5, 0.6) is 0 Å². The molecule has 2 N–H and O–H groups in total. The van der Waals surface area contributed by atoms with Crippen LogP contribution in [0.15, 0.2) is 22.5 Å². The monoisotopic (exact) mass is 300 g/mol. The molecule has 0 radical (unpaired) electrons. The van der Waals surface area contributed by atoms with Crippen molar-refractivity contribution in [1.29, 1.82) is 0 Å². The Kier molecular flexibility index (Phi) is 7.93. The zero-order valence-electron chi connectivity index (χ0n) is 12.1. The van der Waals surface area contributed by atoms with Gasteiger partial charge in [-0.3, -0.25) is 4.99 Å². The van der Waals surface area contributed by atoms with Gasteiger partial charge in [-0.25, -0.2) is 0 Å². The van der Waals surface area contributed by atoms with Gasteiger partial charge in [0.2, 0.25) is 0 Å². The van der Waals surface area contributed by atoms with Crippen molar-refractivity contribution < 1.29 is 0 Å². The van der Waals surface area contributed by atoms with Crippen LogP contribution in [0.25, 0.3) is 0 Å². The van der Waals surface area contributed by atoms with Gasteiger partial charge in [-0.05, 0) is 31.8 Å². The van der Waals surface area contributed by atoms with Gasteiger partial charge < -0.3 is 15.5 Å². The number of guanidine groups is 1. The predicted molar refractivity (Wildman–Crippen MR) is 88.5 cm³/mol. The van der Waals surface area contributed by atoms with Crippen molar-refractivity contribution in [2.75, 3.05) is 46.2 Å². The van der Waals surface area contributed by atoms with Crippen LogP contribution in [0.1, 0.15) is 10.9 Å². The molecule has 1 rings (SSSR count). The van der Waals surface area contributed by atoms with Gasteiger partial charge in [-0.1, -0.05) is 6.07 Å². The van der Waals surface area contributed by atoms with Gasteiger partial charge in [0.15, 0.2) is 5.96 Å². The molecule has 6 heteroatoms. The van der Waals surface area contributed by atoms with Gasteiger partial charge in [-0.15, -0.1) is 11.3 Å². The Bertz CT molecular complexity index is 363. The molecular formula is C13H24N4S2. The lowest BCUT2D eigenvalue weighted by atomic mass is 10.2. The van der Waals surface area contributed by atoms with E-state index in [4.69, 9.17) is 0 Å². The third-order valence-electron chi connectivity index (χ3n) is 2.78. The van der Waals surface area contributed by atoms with E-state index in [2.05, 4.69) is 58.4 Å². The van der Waals surface area contributed by atoms with Crippen molar-refractivity contribution in [2.45, 2.75) is 6.04 Å². The molecule has 0 aromatic carbocycles. The van der Waals surface area contributed by atoms with Crippen LogP contribution >= 0.6 is 23.1 Å². The van der Waals surface area contributed by atoms with Gasteiger partial charge in [0.05, 0.1) is 6.04 Å². The first kappa shape index (κ1) is 16.3. The number of likely N-dealkylation sites (N-methyl/N-ethyl adjacent to an activating group) is 1. The first-order chi connectivity index (χ1) is 9.19. The summed E-state index contributed by atoms with van der Waals surface area (Å²) in [6.07, 6.45) is 2.11. The molecule has 0 aliphatic rings. The van der Waals surface area contributed by atoms with Gasteiger partial charge in [0.25, 0.3) is 0 Å². The zero-order valence-corrected chi connectivity index (χ0v) is 13.8. The summed E-state index contributed by atoms with van der Waals surface area (Å²) in [5.41, 5.74) is 0. The molecule has 0 bridgehead atoms. The Morgan fingerprint density at radius 2 is 2.26 bits per heavy atom. The first-order valence-corrected chi connectivity index (χ1v) is 8.59. The van der Waals surface area contributed by atoms with Crippen molar-refractivity contribution in [3.8, 4) is 0 Å². The van der Waals surface area contributed by atoms with Gasteiger partial charge in [0, 0.05) is 30.8 Å². The molecule has 0 spiro atoms. The average molecular weight is 300 g/mol. The molecule has 1 aromatic heterocycles. The predicted octanol–water partition coefficient (Wildman–Crippen LogP) is 1.88. The van der Waals surface area contributed by atoms with Crippen LogP contribution in [-0.2, 0) is 0 Å². The molecule has 1 aromatic rings. The van der Waals surface area contributed by atoms with E-state index in [1.165, 1.54) is 4.88 Å². The normalized spacial score (nSPS) is 13.6. The molecule has 108 valence electrons. The summed E-state index contributed by atoms with van der Waals surface area (Å²) >= 11 is 3.62. The molecule has 1 unspecified atom stereocenters. The van der Waals surface area contributed by atoms with Gasteiger partial charge >= 0.3 is 0 Å². The van der Waals surface area contributed by atoms with E-state index in [0.717, 1.165) is 24.8 Å². The summed E-state index contributed by atoms with van der Waals surface area (Å²) in [5, 5.41) is 8.83. The highest BCUT2D eigenvalue weighted by atomic mass is 32.2. The third-order valence-corrected chi connectivity index (χ3v) is 4.37. The second-order valence-electron chi connectivity index (χ2n) is 4.37. The maximum atomic E-state index is 4.24. The molecule has 0 saturated carbocycles. The average Bonchev–Trinajstić information content (AvgIpc) is 2.90. The van der Waals surface area contributed by atoms with Gasteiger partial charge in [0.1, 0.15) is 0 Å². The number of nitrogens with one attached hydrogen (secondary N) is 2. The molecular weight excluding hydrogens is 276 g/mol. The number of aliphatic imine (C=N–C) groups is 1. The maximum Gasteiger partial charge on any atom is 0.191 e. The molecule has 0 amide bonds. The number of thioether (sulfide) groups is 1. The Morgan fingerprint density at radius 1 is 1.47 bits per heavy atom. The van der Waals surface area contributed by atoms with Crippen LogP contribution < -0.4 is 10.6 Å². The third kappa shape index (κ3) is 5.84. The van der Waals surface area contributed by atoms with E-state index in [9.17, 15) is 0 Å². The molecule has 0 aliphatic carbocycles. The van der Waals surface area contributed by atoms with E-state index >= 15 is 0 Å². The summed E-state index contributed by atoms with van der Waals surface area (Å²) < 4.78 is 0. The minimum Gasteiger partial charge on any atom is -0.356 e. The molecule has 4 nitrogen and oxygen atoms in total. The fraction of sp³-hybridized carbons (Fsp3) is 0.615. The number of hydrogen-bond donors (Lipinski definition) is 2. The van der Waals surface area contributed by atoms with Crippen LogP contribution in [0.2, 0.25) is 0 Å². The Morgan fingerprint density at radius 3 is 2.79 bits per heavy atom. The largest absolute Gasteiger partial charge is 0.356 e. The fourth-order valence-electron chi connectivity index (χ4n) is 1.70. The number of hydrogen-bond acceptors (Lipinski definition) is 4. The quantitative estimate of drug-likeness (QED) is 0.458. The lowest BCUT2D eigenvalue weighted by Crippen LogP contribution is -2.42. The Labute approximate surface area is 124 Å². The lowest BCUT2D eigenvalue weighted by molar-refractivity contribution is 0.302. The molecule has 0 aliphatic heterocycles. The van der Waals surface area contributed by atoms with Crippen LogP contribution in [-0.4, -0.2) is 57.1 Å². The Balaban J connectivity index is 2.47. The molecule has 1 heterocycles. The lowest BCUT2D eigenvalue weighted by Gasteiger charge is -2.24. The fourth-order valence-corrected chi connectivity index (χ4v) is 2.93.